The molecular weight excluding hydrogens is 243 g/mol. The van der Waals surface area contributed by atoms with Crippen LogP contribution in [-0.4, -0.2) is 4.57 Å². The van der Waals surface area contributed by atoms with Gasteiger partial charge < -0.3 is 10.3 Å². The fourth-order valence-electron chi connectivity index (χ4n) is 1.79. The molecule has 0 unspecified atom stereocenters. The highest BCUT2D eigenvalue weighted by Crippen LogP contribution is 2.27. The Morgan fingerprint density at radius 1 is 1.06 bits per heavy atom. The Morgan fingerprint density at radius 3 is 2.25 bits per heavy atom. The van der Waals surface area contributed by atoms with Gasteiger partial charge in [0.2, 0.25) is 0 Å². The van der Waals surface area contributed by atoms with Gasteiger partial charge in [-0.3, -0.25) is 0 Å². The number of benzene rings is 1. The summed E-state index contributed by atoms with van der Waals surface area (Å²) in [5, 5.41) is 1.32. The summed E-state index contributed by atoms with van der Waals surface area (Å²) < 4.78 is 2.05. The number of nitrogen functional groups attached to an aromatic ring is 1. The first-order valence-electron chi connectivity index (χ1n) is 4.90. The standard InChI is InChI=1S/C12H12Cl2N2/c1-7-5-11(14)8(2)16(7)9-3-4-10(13)12(15)6-9/h3-6H,15H2,1-2H3. The normalized spacial score (nSPS) is 10.8. The molecule has 16 heavy (non-hydrogen) atoms. The molecule has 2 N–H and O–H groups in total. The van der Waals surface area contributed by atoms with Crippen LogP contribution < -0.4 is 5.73 Å². The lowest BCUT2D eigenvalue weighted by Gasteiger charge is -2.10. The molecule has 0 fully saturated rings. The summed E-state index contributed by atoms with van der Waals surface area (Å²) in [7, 11) is 0. The fraction of sp³-hybridized carbons (Fsp3) is 0.167. The molecule has 0 amide bonds. The Bertz CT molecular complexity index is 544. The van der Waals surface area contributed by atoms with E-state index in [9.17, 15) is 0 Å². The van der Waals surface area contributed by atoms with Gasteiger partial charge in [0.25, 0.3) is 0 Å². The predicted molar refractivity (Wildman–Crippen MR) is 69.7 cm³/mol. The van der Waals surface area contributed by atoms with Gasteiger partial charge in [-0.25, -0.2) is 0 Å². The number of nitrogens with zero attached hydrogens (tertiary/aromatic N) is 1. The van der Waals surface area contributed by atoms with Crippen LogP contribution in [0, 0.1) is 13.8 Å². The lowest BCUT2D eigenvalue weighted by molar-refractivity contribution is 0.966. The third-order valence-electron chi connectivity index (χ3n) is 2.61. The molecule has 0 aliphatic heterocycles. The zero-order valence-electron chi connectivity index (χ0n) is 9.09. The van der Waals surface area contributed by atoms with Crippen molar-refractivity contribution >= 4 is 28.9 Å². The van der Waals surface area contributed by atoms with Gasteiger partial charge in [-0.2, -0.15) is 0 Å². The van der Waals surface area contributed by atoms with Crippen molar-refractivity contribution in [1.82, 2.24) is 4.57 Å². The second-order valence-corrected chi connectivity index (χ2v) is 4.57. The van der Waals surface area contributed by atoms with Crippen molar-refractivity contribution in [3.05, 3.63) is 45.7 Å². The third-order valence-corrected chi connectivity index (χ3v) is 3.33. The summed E-state index contributed by atoms with van der Waals surface area (Å²) in [6.07, 6.45) is 0. The van der Waals surface area contributed by atoms with Crippen molar-refractivity contribution < 1.29 is 0 Å². The van der Waals surface area contributed by atoms with Crippen molar-refractivity contribution in [2.24, 2.45) is 0 Å². The zero-order chi connectivity index (χ0) is 11.9. The van der Waals surface area contributed by atoms with E-state index in [1.807, 2.05) is 32.0 Å². The average Bonchev–Trinajstić information content (AvgIpc) is 2.47. The predicted octanol–water partition coefficient (Wildman–Crippen LogP) is 3.98. The molecule has 0 aliphatic carbocycles. The van der Waals surface area contributed by atoms with Gasteiger partial charge in [-0.05, 0) is 38.1 Å². The van der Waals surface area contributed by atoms with Crippen molar-refractivity contribution in [2.45, 2.75) is 13.8 Å². The molecule has 2 nitrogen and oxygen atoms in total. The highest BCUT2D eigenvalue weighted by Gasteiger charge is 2.09. The first-order chi connectivity index (χ1) is 7.50. The van der Waals surface area contributed by atoms with Gasteiger partial charge in [-0.15, -0.1) is 0 Å². The molecule has 0 radical (unpaired) electrons. The number of aromatic nitrogens is 1. The van der Waals surface area contributed by atoms with Gasteiger partial charge in [0.1, 0.15) is 0 Å². The van der Waals surface area contributed by atoms with Crippen molar-refractivity contribution in [2.75, 3.05) is 5.73 Å². The maximum absolute atomic E-state index is 6.08. The zero-order valence-corrected chi connectivity index (χ0v) is 10.6. The summed E-state index contributed by atoms with van der Waals surface area (Å²) >= 11 is 12.0. The van der Waals surface area contributed by atoms with Gasteiger partial charge in [-0.1, -0.05) is 23.2 Å². The molecule has 0 spiro atoms. The van der Waals surface area contributed by atoms with E-state index in [0.717, 1.165) is 22.1 Å². The molecule has 2 rings (SSSR count). The molecule has 0 aliphatic rings. The Morgan fingerprint density at radius 2 is 1.75 bits per heavy atom. The third kappa shape index (κ3) is 1.79. The van der Waals surface area contributed by atoms with Gasteiger partial charge in [0.05, 0.1) is 15.7 Å². The minimum absolute atomic E-state index is 0.567. The molecule has 0 saturated carbocycles. The van der Waals surface area contributed by atoms with Crippen LogP contribution in [-0.2, 0) is 0 Å². The topological polar surface area (TPSA) is 30.9 Å². The molecule has 0 atom stereocenters. The first kappa shape index (κ1) is 11.4. The second-order valence-electron chi connectivity index (χ2n) is 3.76. The van der Waals surface area contributed by atoms with Crippen LogP contribution in [0.3, 0.4) is 0 Å². The van der Waals surface area contributed by atoms with Crippen molar-refractivity contribution in [3.63, 3.8) is 0 Å². The Hall–Kier alpha value is -1.12. The minimum atomic E-state index is 0.567. The summed E-state index contributed by atoms with van der Waals surface area (Å²) in [6, 6.07) is 7.49. The number of hydrogen-bond donors (Lipinski definition) is 1. The van der Waals surface area contributed by atoms with Crippen molar-refractivity contribution in [1.29, 1.82) is 0 Å². The molecule has 4 heteroatoms. The van der Waals surface area contributed by atoms with E-state index in [1.165, 1.54) is 0 Å². The number of nitrogens with two attached hydrogens (primary N) is 1. The van der Waals surface area contributed by atoms with Crippen LogP contribution in [0.25, 0.3) is 5.69 Å². The average molecular weight is 255 g/mol. The molecule has 0 bridgehead atoms. The maximum Gasteiger partial charge on any atom is 0.0636 e. The summed E-state index contributed by atoms with van der Waals surface area (Å²) in [5.74, 6) is 0. The van der Waals surface area contributed by atoms with E-state index in [2.05, 4.69) is 4.57 Å². The van der Waals surface area contributed by atoms with Crippen LogP contribution in [0.5, 0.6) is 0 Å². The van der Waals surface area contributed by atoms with Crippen LogP contribution in [0.4, 0.5) is 5.69 Å². The van der Waals surface area contributed by atoms with Gasteiger partial charge >= 0.3 is 0 Å². The second kappa shape index (κ2) is 4.04. The summed E-state index contributed by atoms with van der Waals surface area (Å²) in [6.45, 7) is 3.98. The number of rotatable bonds is 1. The van der Waals surface area contributed by atoms with E-state index in [1.54, 1.807) is 6.07 Å². The molecule has 1 heterocycles. The van der Waals surface area contributed by atoms with Crippen LogP contribution in [0.1, 0.15) is 11.4 Å². The van der Waals surface area contributed by atoms with E-state index < -0.39 is 0 Å². The highest BCUT2D eigenvalue weighted by atomic mass is 35.5. The number of hydrogen-bond acceptors (Lipinski definition) is 1. The smallest absolute Gasteiger partial charge is 0.0636 e. The van der Waals surface area contributed by atoms with Crippen molar-refractivity contribution in [3.8, 4) is 5.69 Å². The van der Waals surface area contributed by atoms with Crippen LogP contribution >= 0.6 is 23.2 Å². The van der Waals surface area contributed by atoms with Gasteiger partial charge in [0, 0.05) is 17.1 Å². The Balaban J connectivity index is 2.63. The van der Waals surface area contributed by atoms with E-state index in [4.69, 9.17) is 28.9 Å². The molecule has 1 aromatic heterocycles. The van der Waals surface area contributed by atoms with Crippen LogP contribution in [0.15, 0.2) is 24.3 Å². The quantitative estimate of drug-likeness (QED) is 0.767. The largest absolute Gasteiger partial charge is 0.397 e. The van der Waals surface area contributed by atoms with E-state index in [0.29, 0.717) is 10.7 Å². The lowest BCUT2D eigenvalue weighted by atomic mass is 10.2. The molecule has 2 aromatic rings. The summed E-state index contributed by atoms with van der Waals surface area (Å²) in [5.41, 5.74) is 9.41. The molecular formula is C12H12Cl2N2. The number of anilines is 1. The maximum atomic E-state index is 6.08. The summed E-state index contributed by atoms with van der Waals surface area (Å²) in [4.78, 5) is 0. The molecule has 1 aromatic carbocycles. The van der Waals surface area contributed by atoms with Crippen LogP contribution in [0.2, 0.25) is 10.0 Å². The first-order valence-corrected chi connectivity index (χ1v) is 5.66. The Kier molecular flexibility index (Phi) is 2.87. The highest BCUT2D eigenvalue weighted by molar-refractivity contribution is 6.33. The fourth-order valence-corrected chi connectivity index (χ4v) is 2.15. The monoisotopic (exact) mass is 254 g/mol. The SMILES string of the molecule is Cc1cc(Cl)c(C)n1-c1ccc(Cl)c(N)c1. The molecule has 0 saturated heterocycles. The van der Waals surface area contributed by atoms with E-state index in [-0.39, 0.29) is 0 Å². The number of halogens is 2. The van der Waals surface area contributed by atoms with Gasteiger partial charge in [0.15, 0.2) is 0 Å². The minimum Gasteiger partial charge on any atom is -0.397 e. The van der Waals surface area contributed by atoms with E-state index >= 15 is 0 Å². The molecule has 84 valence electrons. The lowest BCUT2D eigenvalue weighted by Crippen LogP contribution is -2.00. The number of aryl methyl sites for hydroxylation is 1. The Labute approximate surface area is 105 Å².